The Morgan fingerprint density at radius 1 is 0.562 bits per heavy atom. The zero-order valence-corrected chi connectivity index (χ0v) is 60.3. The van der Waals surface area contributed by atoms with Gasteiger partial charge >= 0.3 is 32.8 Å². The SMILES string of the molecule is Cc1cn([C@H]2C[C@H](O)[C@@H](COP(O)(=S)O[C@H]3[C@@H](F)[C@H](n4cnc5c(N)ncnc54)O[C@@H]3COP(=O)(S)O[C@@H]3[C@@H](F)[C@H](n4cnc5c(N)ncnc54)O[C@@H]3COP(=O)(S)O[C@H]3[C@@H](F)[C@H](N4CNc5c(N)ncnc54)O[C@@H]3COP(=O)(S)O[C@@H]3[C@@H](F)[C@H](n4cnc5c(N)ncnc54)O[C@@H]3CO)O2)c(=O)[nH]c1=O. The molecule has 0 aliphatic carbocycles. The fourth-order valence-electron chi connectivity index (χ4n) is 12.4. The second kappa shape index (κ2) is 29.6. The monoisotopic (exact) mass is 1630 g/mol. The van der Waals surface area contributed by atoms with Crippen LogP contribution in [0.2, 0.25) is 0 Å². The number of aliphatic hydroxyl groups is 2. The number of ether oxygens (including phenoxy) is 5. The third kappa shape index (κ3) is 15.1. The maximum atomic E-state index is 17.5. The summed E-state index contributed by atoms with van der Waals surface area (Å²) in [4.78, 5) is 84.2. The number of aromatic nitrogens is 16. The molecule has 8 aromatic heterocycles. The minimum atomic E-state index is -5.12. The highest BCUT2D eigenvalue weighted by atomic mass is 32.7. The highest BCUT2D eigenvalue weighted by Gasteiger charge is 2.57. The van der Waals surface area contributed by atoms with Gasteiger partial charge in [0.25, 0.3) is 5.56 Å². The van der Waals surface area contributed by atoms with Crippen LogP contribution in [0.25, 0.3) is 33.5 Å². The van der Waals surface area contributed by atoms with Crippen molar-refractivity contribution in [2.24, 2.45) is 0 Å². The molecule has 0 bridgehead atoms. The number of aliphatic hydroxyl groups excluding tert-OH is 2. The molecule has 0 radical (unpaired) electrons. The minimum absolute atomic E-state index is 0.00615. The van der Waals surface area contributed by atoms with Gasteiger partial charge in [-0.1, -0.05) is 36.7 Å². The van der Waals surface area contributed by atoms with Crippen molar-refractivity contribution in [1.29, 1.82) is 0 Å². The van der Waals surface area contributed by atoms with Gasteiger partial charge in [0.1, 0.15) is 109 Å². The van der Waals surface area contributed by atoms with Crippen molar-refractivity contribution in [2.75, 3.05) is 72.9 Å². The van der Waals surface area contributed by atoms with Gasteiger partial charge in [0.2, 0.25) is 0 Å². The van der Waals surface area contributed by atoms with E-state index in [0.29, 0.717) is 0 Å². The predicted octanol–water partition coefficient (Wildman–Crippen LogP) is 1.72. The number of rotatable bonds is 26. The lowest BCUT2D eigenvalue weighted by molar-refractivity contribution is -0.0533. The summed E-state index contributed by atoms with van der Waals surface area (Å²) in [6, 6.07) is 0. The highest BCUT2D eigenvalue weighted by molar-refractivity contribution is 8.45. The smallest absolute Gasteiger partial charge is 0.386 e. The quantitative estimate of drug-likeness (QED) is 0.0209. The Bertz CT molecular complexity index is 4940. The average Bonchev–Trinajstić information content (AvgIpc) is 1.63. The topological polar surface area (TPSA) is 563 Å². The van der Waals surface area contributed by atoms with Crippen molar-refractivity contribution in [3.05, 3.63) is 76.9 Å². The number of nitrogens with one attached hydrogen (secondary N) is 2. The molecule has 55 heteroatoms. The molecule has 0 saturated carbocycles. The van der Waals surface area contributed by atoms with E-state index in [9.17, 15) is 38.4 Å². The lowest BCUT2D eigenvalue weighted by Crippen LogP contribution is -2.42. The third-order valence-corrected chi connectivity index (χ3v) is 23.8. The zero-order chi connectivity index (χ0) is 74.5. The molecule has 5 fully saturated rings. The summed E-state index contributed by atoms with van der Waals surface area (Å²) >= 11 is 17.7. The van der Waals surface area contributed by atoms with Gasteiger partial charge in [-0.2, -0.15) is 0 Å². The fraction of sp³-hybridized carbons (Fsp3) is 0.540. The molecular formula is C50H60F4N22O21P4S4. The van der Waals surface area contributed by atoms with Crippen LogP contribution < -0.4 is 44.4 Å². The third-order valence-electron chi connectivity index (χ3n) is 17.4. The van der Waals surface area contributed by atoms with E-state index in [2.05, 4.69) is 102 Å². The Balaban J connectivity index is 0.690. The lowest BCUT2D eigenvalue weighted by atomic mass is 10.1. The maximum absolute atomic E-state index is 17.5. The van der Waals surface area contributed by atoms with Crippen LogP contribution in [0.4, 0.5) is 52.3 Å². The molecule has 0 spiro atoms. The summed E-state index contributed by atoms with van der Waals surface area (Å²) in [6.45, 7) is -23.4. The van der Waals surface area contributed by atoms with Gasteiger partial charge in [-0.05, 0) is 18.7 Å². The first-order valence-electron chi connectivity index (χ1n) is 30.8. The average molecular weight is 1630 g/mol. The molecule has 23 atom stereocenters. The van der Waals surface area contributed by atoms with E-state index in [-0.39, 0.29) is 86.9 Å². The molecule has 4 unspecified atom stereocenters. The molecule has 0 aromatic carbocycles. The summed E-state index contributed by atoms with van der Waals surface area (Å²) in [5, 5.41) is 24.1. The molecule has 5 saturated heterocycles. The van der Waals surface area contributed by atoms with Crippen LogP contribution >= 0.6 is 63.9 Å². The minimum Gasteiger partial charge on any atom is -0.394 e. The number of fused-ring (bicyclic) bond motifs is 4. The van der Waals surface area contributed by atoms with Gasteiger partial charge in [-0.25, -0.2) is 90.9 Å². The van der Waals surface area contributed by atoms with Crippen molar-refractivity contribution in [3.63, 3.8) is 0 Å². The molecule has 14 heterocycles. The van der Waals surface area contributed by atoms with Crippen LogP contribution in [0, 0.1) is 6.92 Å². The molecule has 568 valence electrons. The molecule has 6 aliphatic heterocycles. The van der Waals surface area contributed by atoms with Gasteiger partial charge in [0, 0.05) is 18.2 Å². The Hall–Kier alpha value is -6.32. The number of nitrogen functional groups attached to an aromatic ring is 4. The van der Waals surface area contributed by atoms with E-state index in [0.717, 1.165) is 62.6 Å². The van der Waals surface area contributed by atoms with Gasteiger partial charge in [0.05, 0.1) is 64.8 Å². The predicted molar refractivity (Wildman–Crippen MR) is 364 cm³/mol. The molecule has 13 N–H and O–H groups in total. The van der Waals surface area contributed by atoms with E-state index in [4.69, 9.17) is 94.6 Å². The lowest BCUT2D eigenvalue weighted by Gasteiger charge is -2.27. The number of anilines is 6. The largest absolute Gasteiger partial charge is 0.394 e. The van der Waals surface area contributed by atoms with Crippen LogP contribution in [0.5, 0.6) is 0 Å². The Kier molecular flexibility index (Phi) is 21.3. The van der Waals surface area contributed by atoms with E-state index in [1.165, 1.54) is 18.0 Å². The number of nitrogens with two attached hydrogens (primary N) is 4. The van der Waals surface area contributed by atoms with Crippen molar-refractivity contribution in [1.82, 2.24) is 78.1 Å². The molecule has 0 amide bonds. The van der Waals surface area contributed by atoms with Crippen LogP contribution in [-0.4, -0.2) is 225 Å². The van der Waals surface area contributed by atoms with Gasteiger partial charge in [-0.3, -0.25) is 59.7 Å². The molecule has 14 rings (SSSR count). The van der Waals surface area contributed by atoms with Crippen molar-refractivity contribution >= 4 is 144 Å². The van der Waals surface area contributed by atoms with Crippen molar-refractivity contribution in [2.45, 2.75) is 130 Å². The number of aryl methyl sites for hydroxylation is 1. The number of alkyl halides is 4. The summed E-state index contributed by atoms with van der Waals surface area (Å²) in [5.74, 6) is -0.316. The standard InChI is InChI=1S/C50H60F4N22O21P4S4/c1-17-3-72(50(80)71-45(17)79)24-2-18(78)20(89-24)5-85-98(81,102)95-34-22(92-47(26(34)52)74-14-68-30-38(56)60-10-64-42(30)74)7-87-100(83,104)97-36-23(93-49(28(36)54)76-16-70-32-40(58)62-12-66-44(32)76)8-88-101(84,105)96-35-21(91-48(27(35)53)75-15-69-31-39(57)61-11-65-43(31)75)6-86-99(82,103)94-33-19(4-77)90-46(25(33)51)73-13-67-29-37(55)59-9-63-41(29)73/h3,9-14,16,18-28,33-36,46-49,69,77-78H,2,4-8,15H2,1H3,(H,81,102)(H,82,103)(H,83,104)(H,84,105)(H2,55,59,63)(H2,56,60,64)(H2,57,61,65)(H2,58,62,66)(H,71,79,80)/t18-,19+,20+,21+,22+,23+,24+,25+,26+,27+,28+,33-,34+,35+,36-,46+,47+,48+,49+,98?,99?,100?,101?/m0/s1. The van der Waals surface area contributed by atoms with E-state index >= 15 is 17.6 Å². The van der Waals surface area contributed by atoms with Gasteiger partial charge in [-0.15, -0.1) is 0 Å². The van der Waals surface area contributed by atoms with Gasteiger partial charge in [0.15, 0.2) is 95.6 Å². The molecule has 8 aromatic rings. The first-order chi connectivity index (χ1) is 49.9. The fourth-order valence-corrected chi connectivity index (χ4v) is 18.3. The Morgan fingerprint density at radius 2 is 0.962 bits per heavy atom. The van der Waals surface area contributed by atoms with Crippen LogP contribution in [0.1, 0.15) is 36.9 Å². The second-order valence-electron chi connectivity index (χ2n) is 24.0. The highest BCUT2D eigenvalue weighted by Crippen LogP contribution is 2.62. The first-order valence-corrected chi connectivity index (χ1v) is 41.5. The number of aromatic amines is 1. The maximum Gasteiger partial charge on any atom is 0.386 e. The first kappa shape index (κ1) is 75.5. The van der Waals surface area contributed by atoms with Crippen molar-refractivity contribution < 1.29 is 106 Å². The molecule has 43 nitrogen and oxygen atoms in total. The number of nitrogens with zero attached hydrogens (tertiary/aromatic N) is 16. The number of hydrogen-bond donors (Lipinski definition) is 12. The molecule has 6 aliphatic rings. The Labute approximate surface area is 605 Å². The molecule has 105 heavy (non-hydrogen) atoms. The Morgan fingerprint density at radius 3 is 1.43 bits per heavy atom. The number of imidazole rings is 3. The second-order valence-corrected chi connectivity index (χ2v) is 35.4. The summed E-state index contributed by atoms with van der Waals surface area (Å²) in [5.41, 5.74) is 22.8. The molecular weight excluding hydrogens is 1570 g/mol. The summed E-state index contributed by atoms with van der Waals surface area (Å²) in [7, 11) is 0. The van der Waals surface area contributed by atoms with E-state index in [1.807, 2.05) is 0 Å². The number of hydrogen-bond acceptors (Lipinski definition) is 38. The zero-order valence-electron chi connectivity index (χ0n) is 53.2. The van der Waals surface area contributed by atoms with E-state index in [1.54, 1.807) is 0 Å². The van der Waals surface area contributed by atoms with Crippen LogP contribution in [0.3, 0.4) is 0 Å². The number of thiol groups is 3. The van der Waals surface area contributed by atoms with E-state index < -0.39 is 188 Å². The van der Waals surface area contributed by atoms with Crippen molar-refractivity contribution in [3.8, 4) is 0 Å². The number of halogens is 4. The van der Waals surface area contributed by atoms with Crippen LogP contribution in [0.15, 0.2) is 60.1 Å². The van der Waals surface area contributed by atoms with Crippen LogP contribution in [-0.2, 0) is 85.4 Å². The summed E-state index contributed by atoms with van der Waals surface area (Å²) in [6.07, 6.45) is -27.0. The van der Waals surface area contributed by atoms with Gasteiger partial charge < -0.3 is 76.5 Å². The summed E-state index contributed by atoms with van der Waals surface area (Å²) < 4.78 is 192. The normalized spacial score (nSPS) is 32.1. The number of H-pyrrole nitrogens is 1.